The second-order valence-corrected chi connectivity index (χ2v) is 4.54. The Morgan fingerprint density at radius 1 is 1.59 bits per heavy atom. The Morgan fingerprint density at radius 3 is 2.88 bits per heavy atom. The lowest BCUT2D eigenvalue weighted by Crippen LogP contribution is -2.33. The molecule has 0 atom stereocenters. The fourth-order valence-corrected chi connectivity index (χ4v) is 1.45. The van der Waals surface area contributed by atoms with Crippen LogP contribution in [0.25, 0.3) is 0 Å². The van der Waals surface area contributed by atoms with E-state index in [1.165, 1.54) is 4.90 Å². The molecule has 0 aliphatic carbocycles. The number of carbonyl (C=O) groups is 1. The Kier molecular flexibility index (Phi) is 5.18. The maximum absolute atomic E-state index is 11.7. The van der Waals surface area contributed by atoms with Crippen molar-refractivity contribution in [1.29, 1.82) is 0 Å². The quantitative estimate of drug-likeness (QED) is 0.827. The van der Waals surface area contributed by atoms with Gasteiger partial charge in [0.2, 0.25) is 0 Å². The maximum Gasteiger partial charge on any atom is 0.321 e. The van der Waals surface area contributed by atoms with Crippen molar-refractivity contribution >= 4 is 40.5 Å². The lowest BCUT2D eigenvalue weighted by Gasteiger charge is -2.17. The summed E-state index contributed by atoms with van der Waals surface area (Å²) in [6, 6.07) is 6.75. The largest absolute Gasteiger partial charge is 0.393 e. The standard InChI is InChI=1S/C11H14ClN3OS/c1-15(6-5-10(13)17)11(16)14-9-4-2-3-8(12)7-9/h2-4,7H,5-6H2,1H3,(H2,13,17)(H,14,16). The predicted octanol–water partition coefficient (Wildman–Crippen LogP) is 2.48. The average molecular weight is 272 g/mol. The molecule has 2 amide bonds. The molecule has 3 N–H and O–H groups in total. The van der Waals surface area contributed by atoms with Gasteiger partial charge < -0.3 is 16.0 Å². The lowest BCUT2D eigenvalue weighted by molar-refractivity contribution is 0.223. The van der Waals surface area contributed by atoms with Crippen LogP contribution >= 0.6 is 23.8 Å². The topological polar surface area (TPSA) is 58.4 Å². The molecule has 0 aromatic heterocycles. The third-order valence-corrected chi connectivity index (χ3v) is 2.56. The van der Waals surface area contributed by atoms with Gasteiger partial charge in [0.25, 0.3) is 0 Å². The zero-order valence-electron chi connectivity index (χ0n) is 9.44. The molecule has 1 aromatic carbocycles. The van der Waals surface area contributed by atoms with Crippen molar-refractivity contribution in [2.75, 3.05) is 18.9 Å². The molecule has 0 spiro atoms. The van der Waals surface area contributed by atoms with Crippen LogP contribution in [0.5, 0.6) is 0 Å². The molecule has 0 aliphatic heterocycles. The summed E-state index contributed by atoms with van der Waals surface area (Å²) >= 11 is 10.6. The number of nitrogens with zero attached hydrogens (tertiary/aromatic N) is 1. The summed E-state index contributed by atoms with van der Waals surface area (Å²) in [7, 11) is 1.68. The fourth-order valence-electron chi connectivity index (χ4n) is 1.16. The summed E-state index contributed by atoms with van der Waals surface area (Å²) in [5.41, 5.74) is 6.03. The number of hydrogen-bond donors (Lipinski definition) is 2. The molecule has 92 valence electrons. The van der Waals surface area contributed by atoms with Gasteiger partial charge >= 0.3 is 6.03 Å². The molecular formula is C11H14ClN3OS. The zero-order chi connectivity index (χ0) is 12.8. The molecule has 6 heteroatoms. The van der Waals surface area contributed by atoms with E-state index in [-0.39, 0.29) is 6.03 Å². The van der Waals surface area contributed by atoms with E-state index >= 15 is 0 Å². The lowest BCUT2D eigenvalue weighted by atomic mass is 10.3. The molecule has 0 bridgehead atoms. The van der Waals surface area contributed by atoms with Gasteiger partial charge in [-0.1, -0.05) is 29.9 Å². The number of nitrogens with one attached hydrogen (secondary N) is 1. The second-order valence-electron chi connectivity index (χ2n) is 3.58. The summed E-state index contributed by atoms with van der Waals surface area (Å²) < 4.78 is 0. The van der Waals surface area contributed by atoms with Crippen LogP contribution in [0.1, 0.15) is 6.42 Å². The number of thiocarbonyl (C=S) groups is 1. The SMILES string of the molecule is CN(CCC(N)=S)C(=O)Nc1cccc(Cl)c1. The van der Waals surface area contributed by atoms with Crippen LogP contribution in [0.15, 0.2) is 24.3 Å². The molecule has 0 heterocycles. The zero-order valence-corrected chi connectivity index (χ0v) is 11.0. The number of benzene rings is 1. The fraction of sp³-hybridized carbons (Fsp3) is 0.273. The summed E-state index contributed by atoms with van der Waals surface area (Å²) in [6.07, 6.45) is 0.509. The number of rotatable bonds is 4. The number of nitrogens with two attached hydrogens (primary N) is 1. The summed E-state index contributed by atoms with van der Waals surface area (Å²) in [4.78, 5) is 13.6. The van der Waals surface area contributed by atoms with Crippen molar-refractivity contribution in [1.82, 2.24) is 4.90 Å². The van der Waals surface area contributed by atoms with E-state index in [9.17, 15) is 4.79 Å². The minimum Gasteiger partial charge on any atom is -0.393 e. The Labute approximate surface area is 111 Å². The van der Waals surface area contributed by atoms with E-state index < -0.39 is 0 Å². The van der Waals surface area contributed by atoms with Gasteiger partial charge in [-0.15, -0.1) is 0 Å². The van der Waals surface area contributed by atoms with Crippen LogP contribution in [0, 0.1) is 0 Å². The van der Waals surface area contributed by atoms with Crippen molar-refractivity contribution in [3.8, 4) is 0 Å². The molecule has 0 fully saturated rings. The van der Waals surface area contributed by atoms with Crippen molar-refractivity contribution in [2.45, 2.75) is 6.42 Å². The van der Waals surface area contributed by atoms with Crippen molar-refractivity contribution in [3.63, 3.8) is 0 Å². The highest BCUT2D eigenvalue weighted by Crippen LogP contribution is 2.15. The summed E-state index contributed by atoms with van der Waals surface area (Å²) in [5, 5.41) is 3.30. The molecule has 0 saturated heterocycles. The molecule has 1 aromatic rings. The smallest absolute Gasteiger partial charge is 0.321 e. The van der Waals surface area contributed by atoms with E-state index in [0.717, 1.165) is 0 Å². The van der Waals surface area contributed by atoms with Crippen LogP contribution in [0.4, 0.5) is 10.5 Å². The third-order valence-electron chi connectivity index (χ3n) is 2.12. The number of halogens is 1. The Bertz CT molecular complexity index is 425. The van der Waals surface area contributed by atoms with Gasteiger partial charge in [0, 0.05) is 30.7 Å². The first-order valence-electron chi connectivity index (χ1n) is 5.05. The minimum atomic E-state index is -0.219. The number of urea groups is 1. The van der Waals surface area contributed by atoms with Gasteiger partial charge in [0.15, 0.2) is 0 Å². The second kappa shape index (κ2) is 6.42. The highest BCUT2D eigenvalue weighted by Gasteiger charge is 2.08. The van der Waals surface area contributed by atoms with Crippen molar-refractivity contribution < 1.29 is 4.79 Å². The molecule has 0 radical (unpaired) electrons. The molecule has 1 rings (SSSR count). The monoisotopic (exact) mass is 271 g/mol. The van der Waals surface area contributed by atoms with E-state index in [2.05, 4.69) is 5.32 Å². The first kappa shape index (κ1) is 13.7. The van der Waals surface area contributed by atoms with Crippen molar-refractivity contribution in [3.05, 3.63) is 29.3 Å². The van der Waals surface area contributed by atoms with E-state index in [0.29, 0.717) is 28.7 Å². The average Bonchev–Trinajstić information content (AvgIpc) is 2.25. The van der Waals surface area contributed by atoms with Crippen LogP contribution in [-0.4, -0.2) is 29.5 Å². The Hall–Kier alpha value is -1.33. The molecular weight excluding hydrogens is 258 g/mol. The van der Waals surface area contributed by atoms with Gasteiger partial charge in [0.1, 0.15) is 0 Å². The van der Waals surface area contributed by atoms with Crippen LogP contribution in [0.3, 0.4) is 0 Å². The summed E-state index contributed by atoms with van der Waals surface area (Å²) in [6.45, 7) is 0.488. The van der Waals surface area contributed by atoms with Gasteiger partial charge in [0.05, 0.1) is 4.99 Å². The number of hydrogen-bond acceptors (Lipinski definition) is 2. The van der Waals surface area contributed by atoms with Crippen LogP contribution < -0.4 is 11.1 Å². The molecule has 4 nitrogen and oxygen atoms in total. The van der Waals surface area contributed by atoms with Gasteiger partial charge in [-0.05, 0) is 18.2 Å². The van der Waals surface area contributed by atoms with E-state index in [1.807, 2.05) is 0 Å². The molecule has 0 aliphatic rings. The highest BCUT2D eigenvalue weighted by atomic mass is 35.5. The van der Waals surface area contributed by atoms with Crippen molar-refractivity contribution in [2.24, 2.45) is 5.73 Å². The van der Waals surface area contributed by atoms with Gasteiger partial charge in [-0.25, -0.2) is 4.79 Å². The first-order valence-corrected chi connectivity index (χ1v) is 5.83. The van der Waals surface area contributed by atoms with E-state index in [4.69, 9.17) is 29.6 Å². The third kappa shape index (κ3) is 5.01. The minimum absolute atomic E-state index is 0.219. The Morgan fingerprint density at radius 2 is 2.29 bits per heavy atom. The normalized spacial score (nSPS) is 9.76. The van der Waals surface area contributed by atoms with Crippen LogP contribution in [-0.2, 0) is 0 Å². The number of amides is 2. The maximum atomic E-state index is 11.7. The highest BCUT2D eigenvalue weighted by molar-refractivity contribution is 7.80. The number of carbonyl (C=O) groups excluding carboxylic acids is 1. The predicted molar refractivity (Wildman–Crippen MR) is 74.5 cm³/mol. The van der Waals surface area contributed by atoms with Gasteiger partial charge in [-0.2, -0.15) is 0 Å². The Balaban J connectivity index is 2.51. The molecule has 0 unspecified atom stereocenters. The van der Waals surface area contributed by atoms with Crippen LogP contribution in [0.2, 0.25) is 5.02 Å². The molecule has 0 saturated carbocycles. The molecule has 17 heavy (non-hydrogen) atoms. The van der Waals surface area contributed by atoms with Gasteiger partial charge in [-0.3, -0.25) is 0 Å². The van der Waals surface area contributed by atoms with E-state index in [1.54, 1.807) is 31.3 Å². The number of anilines is 1. The first-order chi connectivity index (χ1) is 7.99. The summed E-state index contributed by atoms with van der Waals surface area (Å²) in [5.74, 6) is 0.